The fourth-order valence-corrected chi connectivity index (χ4v) is 4.14. The van der Waals surface area contributed by atoms with E-state index in [9.17, 15) is 12.8 Å². The molecule has 2 aromatic heterocycles. The van der Waals surface area contributed by atoms with Gasteiger partial charge in [-0.15, -0.1) is 0 Å². The van der Waals surface area contributed by atoms with Crippen LogP contribution in [-0.2, 0) is 16.3 Å². The molecule has 0 radical (unpaired) electrons. The van der Waals surface area contributed by atoms with Crippen molar-refractivity contribution in [2.45, 2.75) is 16.2 Å². The molecule has 0 aliphatic carbocycles. The van der Waals surface area contributed by atoms with E-state index >= 15 is 0 Å². The monoisotopic (exact) mass is 353 g/mol. The number of pyridine rings is 1. The van der Waals surface area contributed by atoms with Gasteiger partial charge in [0.05, 0.1) is 15.9 Å². The minimum Gasteiger partial charge on any atom is -0.358 e. The lowest BCUT2D eigenvalue weighted by molar-refractivity contribution is 0.591. The molecule has 0 amide bonds. The van der Waals surface area contributed by atoms with Crippen LogP contribution in [0.1, 0.15) is 5.56 Å². The van der Waals surface area contributed by atoms with Crippen LogP contribution in [0.4, 0.5) is 4.39 Å². The Labute approximate surface area is 137 Å². The molecule has 3 N–H and O–H groups in total. The summed E-state index contributed by atoms with van der Waals surface area (Å²) in [7, 11) is -3.94. The molecule has 0 fully saturated rings. The number of halogens is 2. The van der Waals surface area contributed by atoms with Gasteiger partial charge >= 0.3 is 0 Å². The third kappa shape index (κ3) is 2.83. The zero-order valence-electron chi connectivity index (χ0n) is 11.9. The van der Waals surface area contributed by atoms with E-state index in [2.05, 4.69) is 9.97 Å². The molecule has 0 spiro atoms. The predicted octanol–water partition coefficient (Wildman–Crippen LogP) is 2.69. The molecule has 3 rings (SSSR count). The predicted molar refractivity (Wildman–Crippen MR) is 85.7 cm³/mol. The maximum Gasteiger partial charge on any atom is 0.208 e. The fraction of sp³-hybridized carbons (Fsp3) is 0.133. The smallest absolute Gasteiger partial charge is 0.208 e. The Balaban J connectivity index is 2.27. The van der Waals surface area contributed by atoms with E-state index in [0.717, 1.165) is 11.6 Å². The summed E-state index contributed by atoms with van der Waals surface area (Å²) in [5.74, 6) is -0.627. The number of hydrogen-bond acceptors (Lipinski definition) is 4. The number of nitrogens with two attached hydrogens (primary N) is 1. The van der Waals surface area contributed by atoms with Gasteiger partial charge < -0.3 is 10.7 Å². The van der Waals surface area contributed by atoms with Crippen LogP contribution in [0, 0.1) is 5.82 Å². The lowest BCUT2D eigenvalue weighted by Gasteiger charge is -2.07. The molecule has 0 bridgehead atoms. The molecule has 3 aromatic rings. The first-order valence-electron chi connectivity index (χ1n) is 6.80. The van der Waals surface area contributed by atoms with E-state index in [-0.39, 0.29) is 14.9 Å². The molecule has 0 saturated carbocycles. The maximum absolute atomic E-state index is 13.4. The molecule has 23 heavy (non-hydrogen) atoms. The second-order valence-corrected chi connectivity index (χ2v) is 7.29. The van der Waals surface area contributed by atoms with Gasteiger partial charge in [0.1, 0.15) is 15.9 Å². The van der Waals surface area contributed by atoms with E-state index in [4.69, 9.17) is 17.3 Å². The number of benzene rings is 1. The van der Waals surface area contributed by atoms with Crippen molar-refractivity contribution in [3.05, 3.63) is 53.1 Å². The Morgan fingerprint density at radius 2 is 2.09 bits per heavy atom. The Hall–Kier alpha value is -1.96. The van der Waals surface area contributed by atoms with Gasteiger partial charge in [-0.2, -0.15) is 0 Å². The number of nitrogens with one attached hydrogen (secondary N) is 1. The fourth-order valence-electron chi connectivity index (χ4n) is 2.41. The van der Waals surface area contributed by atoms with Gasteiger partial charge in [-0.25, -0.2) is 17.8 Å². The molecular weight excluding hydrogens is 341 g/mol. The molecule has 2 heterocycles. The number of rotatable bonds is 4. The number of fused-ring (bicyclic) bond motifs is 1. The zero-order valence-corrected chi connectivity index (χ0v) is 13.5. The SMILES string of the molecule is NCCc1c[nH]c2c(S(=O)(=O)c3cccc(F)c3)cc(Cl)nc12. The van der Waals surface area contributed by atoms with Crippen molar-refractivity contribution in [1.82, 2.24) is 9.97 Å². The highest BCUT2D eigenvalue weighted by Gasteiger charge is 2.24. The van der Waals surface area contributed by atoms with Crippen LogP contribution in [0.2, 0.25) is 5.15 Å². The molecule has 120 valence electrons. The first-order chi connectivity index (χ1) is 10.9. The highest BCUT2D eigenvalue weighted by molar-refractivity contribution is 7.91. The van der Waals surface area contributed by atoms with E-state index in [1.165, 1.54) is 24.3 Å². The van der Waals surface area contributed by atoms with Gasteiger partial charge in [-0.3, -0.25) is 0 Å². The Kier molecular flexibility index (Phi) is 4.09. The van der Waals surface area contributed by atoms with Crippen LogP contribution >= 0.6 is 11.6 Å². The highest BCUT2D eigenvalue weighted by Crippen LogP contribution is 2.31. The number of nitrogens with zero attached hydrogens (tertiary/aromatic N) is 1. The van der Waals surface area contributed by atoms with Gasteiger partial charge in [0, 0.05) is 6.20 Å². The summed E-state index contributed by atoms with van der Waals surface area (Å²) in [5, 5.41) is 0.0466. The van der Waals surface area contributed by atoms with Crippen LogP contribution in [0.3, 0.4) is 0 Å². The lowest BCUT2D eigenvalue weighted by Crippen LogP contribution is -2.05. The van der Waals surface area contributed by atoms with Crippen molar-refractivity contribution in [2.24, 2.45) is 5.73 Å². The number of sulfone groups is 1. The molecule has 1 aromatic carbocycles. The van der Waals surface area contributed by atoms with Crippen molar-refractivity contribution in [2.75, 3.05) is 6.54 Å². The van der Waals surface area contributed by atoms with Gasteiger partial charge in [-0.1, -0.05) is 17.7 Å². The van der Waals surface area contributed by atoms with Crippen LogP contribution in [-0.4, -0.2) is 24.9 Å². The summed E-state index contributed by atoms with van der Waals surface area (Å²) < 4.78 is 39.0. The van der Waals surface area contributed by atoms with Crippen molar-refractivity contribution in [3.8, 4) is 0 Å². The van der Waals surface area contributed by atoms with Crippen LogP contribution in [0.5, 0.6) is 0 Å². The molecule has 0 atom stereocenters. The van der Waals surface area contributed by atoms with Crippen molar-refractivity contribution < 1.29 is 12.8 Å². The Morgan fingerprint density at radius 1 is 1.30 bits per heavy atom. The van der Waals surface area contributed by atoms with Crippen molar-refractivity contribution >= 4 is 32.5 Å². The molecule has 0 aliphatic rings. The molecular formula is C15H13ClFN3O2S. The van der Waals surface area contributed by atoms with E-state index in [1.807, 2.05) is 0 Å². The standard InChI is InChI=1S/C15H13ClFN3O2S/c16-13-7-12(15-14(20-13)9(4-5-18)8-19-15)23(21,22)11-3-1-2-10(17)6-11/h1-3,6-8,19H,4-5,18H2. The topological polar surface area (TPSA) is 88.8 Å². The quantitative estimate of drug-likeness (QED) is 0.706. The average Bonchev–Trinajstić information content (AvgIpc) is 2.90. The molecule has 0 aliphatic heterocycles. The van der Waals surface area contributed by atoms with Crippen molar-refractivity contribution in [3.63, 3.8) is 0 Å². The van der Waals surface area contributed by atoms with Gasteiger partial charge in [0.2, 0.25) is 9.84 Å². The summed E-state index contributed by atoms with van der Waals surface area (Å²) >= 11 is 5.98. The first-order valence-corrected chi connectivity index (χ1v) is 8.67. The van der Waals surface area contributed by atoms with E-state index in [1.54, 1.807) is 6.20 Å². The summed E-state index contributed by atoms with van der Waals surface area (Å²) in [6.45, 7) is 0.396. The third-order valence-electron chi connectivity index (χ3n) is 3.46. The number of hydrogen-bond donors (Lipinski definition) is 2. The summed E-state index contributed by atoms with van der Waals surface area (Å²) in [5.41, 5.74) is 7.12. The van der Waals surface area contributed by atoms with Crippen LogP contribution < -0.4 is 5.73 Å². The van der Waals surface area contributed by atoms with Crippen LogP contribution in [0.15, 0.2) is 46.3 Å². The van der Waals surface area contributed by atoms with E-state index < -0.39 is 15.7 Å². The minimum absolute atomic E-state index is 0.0404. The Morgan fingerprint density at radius 3 is 2.78 bits per heavy atom. The normalized spacial score (nSPS) is 12.0. The van der Waals surface area contributed by atoms with E-state index in [0.29, 0.717) is 24.0 Å². The molecule has 0 saturated heterocycles. The molecule has 5 nitrogen and oxygen atoms in total. The van der Waals surface area contributed by atoms with Crippen molar-refractivity contribution in [1.29, 1.82) is 0 Å². The van der Waals surface area contributed by atoms with Gasteiger partial charge in [-0.05, 0) is 42.8 Å². The maximum atomic E-state index is 13.4. The number of aromatic nitrogens is 2. The second-order valence-electron chi connectivity index (χ2n) is 4.98. The van der Waals surface area contributed by atoms with Crippen LogP contribution in [0.25, 0.3) is 11.0 Å². The summed E-state index contributed by atoms with van der Waals surface area (Å²) in [6.07, 6.45) is 2.19. The van der Waals surface area contributed by atoms with Gasteiger partial charge in [0.15, 0.2) is 0 Å². The highest BCUT2D eigenvalue weighted by atomic mass is 35.5. The zero-order chi connectivity index (χ0) is 16.6. The van der Waals surface area contributed by atoms with Gasteiger partial charge in [0.25, 0.3) is 0 Å². The Bertz CT molecular complexity index is 986. The lowest BCUT2D eigenvalue weighted by atomic mass is 10.2. The molecule has 0 unspecified atom stereocenters. The third-order valence-corrected chi connectivity index (χ3v) is 5.43. The molecule has 8 heteroatoms. The average molecular weight is 354 g/mol. The summed E-state index contributed by atoms with van der Waals surface area (Å²) in [6, 6.07) is 6.09. The largest absolute Gasteiger partial charge is 0.358 e. The second kappa shape index (κ2) is 5.92. The number of aromatic amines is 1. The minimum atomic E-state index is -3.94. The summed E-state index contributed by atoms with van der Waals surface area (Å²) in [4.78, 5) is 6.91. The first kappa shape index (κ1) is 15.9. The number of H-pyrrole nitrogens is 1.